The first-order chi connectivity index (χ1) is 16.3. The lowest BCUT2D eigenvalue weighted by atomic mass is 10.0. The van der Waals surface area contributed by atoms with Gasteiger partial charge in [0.1, 0.15) is 0 Å². The van der Waals surface area contributed by atoms with E-state index in [-0.39, 0.29) is 24.8 Å². The molecule has 3 aromatic rings. The summed E-state index contributed by atoms with van der Waals surface area (Å²) in [7, 11) is 0. The third-order valence-corrected chi connectivity index (χ3v) is 6.40. The minimum atomic E-state index is -4.50. The zero-order valence-electron chi connectivity index (χ0n) is 18.2. The molecule has 1 saturated heterocycles. The van der Waals surface area contributed by atoms with E-state index in [2.05, 4.69) is 15.5 Å². The third kappa shape index (κ3) is 6.02. The van der Waals surface area contributed by atoms with E-state index in [1.54, 1.807) is 4.90 Å². The first-order valence-electron chi connectivity index (χ1n) is 10.9. The van der Waals surface area contributed by atoms with Crippen LogP contribution < -0.4 is 5.32 Å². The van der Waals surface area contributed by atoms with Gasteiger partial charge in [-0.15, -0.1) is 11.3 Å². The van der Waals surface area contributed by atoms with Crippen molar-refractivity contribution in [3.05, 3.63) is 58.8 Å². The Hall–Kier alpha value is -3.21. The molecule has 2 amide bonds. The number of amides is 2. The highest BCUT2D eigenvalue weighted by atomic mass is 32.1. The number of benzene rings is 1. The molecule has 7 nitrogen and oxygen atoms in total. The monoisotopic (exact) mass is 492 g/mol. The molecule has 34 heavy (non-hydrogen) atoms. The number of alkyl halides is 3. The minimum absolute atomic E-state index is 0.0656. The molecule has 3 heterocycles. The largest absolute Gasteiger partial charge is 0.416 e. The predicted molar refractivity (Wildman–Crippen MR) is 119 cm³/mol. The molecule has 1 aromatic carbocycles. The van der Waals surface area contributed by atoms with Crippen LogP contribution in [0.3, 0.4) is 0 Å². The molecule has 11 heteroatoms. The number of aryl methyl sites for hydroxylation is 1. The summed E-state index contributed by atoms with van der Waals surface area (Å²) in [6.07, 6.45) is -2.46. The second-order valence-corrected chi connectivity index (χ2v) is 8.98. The number of hydrogen-bond donors (Lipinski definition) is 1. The molecule has 1 aliphatic rings. The van der Waals surface area contributed by atoms with E-state index in [9.17, 15) is 22.8 Å². The Labute approximate surface area is 198 Å². The first-order valence-corrected chi connectivity index (χ1v) is 11.8. The fraction of sp³-hybridized carbons (Fsp3) is 0.391. The van der Waals surface area contributed by atoms with E-state index >= 15 is 0 Å². The Morgan fingerprint density at radius 2 is 2.12 bits per heavy atom. The number of likely N-dealkylation sites (tertiary alicyclic amines) is 1. The lowest BCUT2D eigenvalue weighted by molar-refractivity contribution is -0.137. The quantitative estimate of drug-likeness (QED) is 0.471. The molecule has 1 fully saturated rings. The second kappa shape index (κ2) is 10.4. The van der Waals surface area contributed by atoms with Gasteiger partial charge in [-0.2, -0.15) is 18.2 Å². The molecule has 0 spiro atoms. The number of nitrogens with zero attached hydrogens (tertiary/aromatic N) is 3. The number of carbonyl (C=O) groups excluding carboxylic acids is 2. The molecule has 180 valence electrons. The van der Waals surface area contributed by atoms with Crippen molar-refractivity contribution in [1.29, 1.82) is 0 Å². The van der Waals surface area contributed by atoms with Crippen molar-refractivity contribution in [2.75, 3.05) is 13.1 Å². The molecule has 4 rings (SSSR count). The lowest BCUT2D eigenvalue weighted by Crippen LogP contribution is -2.38. The molecule has 0 radical (unpaired) electrons. The van der Waals surface area contributed by atoms with Gasteiger partial charge in [0.15, 0.2) is 0 Å². The van der Waals surface area contributed by atoms with Crippen molar-refractivity contribution in [3.8, 4) is 10.7 Å². The van der Waals surface area contributed by atoms with Crippen LogP contribution in [0.1, 0.15) is 48.7 Å². The number of nitrogens with one attached hydrogen (secondary N) is 1. The van der Waals surface area contributed by atoms with Gasteiger partial charge in [-0.1, -0.05) is 23.4 Å². The maximum Gasteiger partial charge on any atom is 0.416 e. The van der Waals surface area contributed by atoms with Gasteiger partial charge in [0.25, 0.3) is 0 Å². The van der Waals surface area contributed by atoms with Gasteiger partial charge in [-0.3, -0.25) is 9.59 Å². The fourth-order valence-corrected chi connectivity index (χ4v) is 4.46. The van der Waals surface area contributed by atoms with Gasteiger partial charge in [-0.25, -0.2) is 0 Å². The van der Waals surface area contributed by atoms with Gasteiger partial charge in [-0.05, 0) is 42.0 Å². The summed E-state index contributed by atoms with van der Waals surface area (Å²) in [6, 6.07) is 7.87. The molecule has 1 atom stereocenters. The lowest BCUT2D eigenvalue weighted by Gasteiger charge is -2.26. The number of rotatable bonds is 9. The summed E-state index contributed by atoms with van der Waals surface area (Å²) >= 11 is 1.49. The molecule has 0 aliphatic carbocycles. The standard InChI is InChI=1S/C23H23F3N4O3S/c24-23(25,26)16-6-1-5-15(13-16)17(14-30-11-3-10-21(30)32)27-19(31)8-2-9-20-28-22(29-33-20)18-7-4-12-34-18/h1,4-7,12-13,17H,2-3,8-11,14H2,(H,27,31). The normalized spacial score (nSPS) is 15.0. The Bertz CT molecular complexity index is 1130. The number of hydrogen-bond acceptors (Lipinski definition) is 6. The van der Waals surface area contributed by atoms with Crippen LogP contribution in [-0.4, -0.2) is 39.9 Å². The van der Waals surface area contributed by atoms with Crippen molar-refractivity contribution in [1.82, 2.24) is 20.4 Å². The molecular formula is C23H23F3N4O3S. The predicted octanol–water partition coefficient (Wildman–Crippen LogP) is 4.62. The SMILES string of the molecule is O=C(CCCc1nc(-c2cccs2)no1)NC(CN1CCCC1=O)c1cccc(C(F)(F)F)c1. The van der Waals surface area contributed by atoms with E-state index in [1.165, 1.54) is 23.5 Å². The molecule has 1 N–H and O–H groups in total. The van der Waals surface area contributed by atoms with Crippen LogP contribution in [0.5, 0.6) is 0 Å². The van der Waals surface area contributed by atoms with E-state index in [0.717, 1.165) is 17.0 Å². The third-order valence-electron chi connectivity index (χ3n) is 5.53. The summed E-state index contributed by atoms with van der Waals surface area (Å²) in [4.78, 5) is 31.5. The zero-order valence-corrected chi connectivity index (χ0v) is 19.0. The van der Waals surface area contributed by atoms with Crippen LogP contribution in [0.4, 0.5) is 13.2 Å². The van der Waals surface area contributed by atoms with Gasteiger partial charge >= 0.3 is 6.18 Å². The van der Waals surface area contributed by atoms with Gasteiger partial charge in [0.05, 0.1) is 16.5 Å². The van der Waals surface area contributed by atoms with E-state index < -0.39 is 17.8 Å². The Kier molecular flexibility index (Phi) is 7.30. The summed E-state index contributed by atoms with van der Waals surface area (Å²) in [6.45, 7) is 0.646. The maximum absolute atomic E-state index is 13.2. The van der Waals surface area contributed by atoms with Gasteiger partial charge in [0, 0.05) is 32.4 Å². The van der Waals surface area contributed by atoms with Crippen molar-refractivity contribution < 1.29 is 27.3 Å². The molecular weight excluding hydrogens is 469 g/mol. The van der Waals surface area contributed by atoms with Crippen LogP contribution in [0.2, 0.25) is 0 Å². The minimum Gasteiger partial charge on any atom is -0.348 e. The highest BCUT2D eigenvalue weighted by Gasteiger charge is 2.32. The van der Waals surface area contributed by atoms with Gasteiger partial charge in [0.2, 0.25) is 23.5 Å². The summed E-state index contributed by atoms with van der Waals surface area (Å²) < 4.78 is 44.9. The number of thiophene rings is 1. The Morgan fingerprint density at radius 3 is 2.82 bits per heavy atom. The van der Waals surface area contributed by atoms with Crippen molar-refractivity contribution in [2.45, 2.75) is 44.3 Å². The van der Waals surface area contributed by atoms with Crippen LogP contribution in [0, 0.1) is 0 Å². The Balaban J connectivity index is 1.38. The highest BCUT2D eigenvalue weighted by molar-refractivity contribution is 7.13. The highest BCUT2D eigenvalue weighted by Crippen LogP contribution is 2.31. The zero-order chi connectivity index (χ0) is 24.1. The van der Waals surface area contributed by atoms with E-state index in [4.69, 9.17) is 4.52 Å². The van der Waals surface area contributed by atoms with Crippen molar-refractivity contribution in [2.24, 2.45) is 0 Å². The topological polar surface area (TPSA) is 88.3 Å². The molecule has 2 aromatic heterocycles. The van der Waals surface area contributed by atoms with Crippen LogP contribution in [0.25, 0.3) is 10.7 Å². The van der Waals surface area contributed by atoms with Crippen molar-refractivity contribution in [3.63, 3.8) is 0 Å². The average molecular weight is 493 g/mol. The first kappa shape index (κ1) is 23.9. The molecule has 1 unspecified atom stereocenters. The second-order valence-electron chi connectivity index (χ2n) is 8.03. The Morgan fingerprint density at radius 1 is 1.26 bits per heavy atom. The molecule has 0 saturated carbocycles. The van der Waals surface area contributed by atoms with Crippen molar-refractivity contribution >= 4 is 23.2 Å². The van der Waals surface area contributed by atoms with Crippen LogP contribution in [0.15, 0.2) is 46.3 Å². The number of halogens is 3. The van der Waals surface area contributed by atoms with Gasteiger partial charge < -0.3 is 14.7 Å². The maximum atomic E-state index is 13.2. The smallest absolute Gasteiger partial charge is 0.348 e. The summed E-state index contributed by atoms with van der Waals surface area (Å²) in [5, 5.41) is 8.65. The van der Waals surface area contributed by atoms with E-state index in [1.807, 2.05) is 17.5 Å². The summed E-state index contributed by atoms with van der Waals surface area (Å²) in [5.41, 5.74) is -0.490. The molecule has 1 aliphatic heterocycles. The summed E-state index contributed by atoms with van der Waals surface area (Å²) in [5.74, 6) is 0.513. The average Bonchev–Trinajstić information content (AvgIpc) is 3.56. The van der Waals surface area contributed by atoms with Crippen LogP contribution in [-0.2, 0) is 22.2 Å². The van der Waals surface area contributed by atoms with Crippen LogP contribution >= 0.6 is 11.3 Å². The molecule has 0 bridgehead atoms. The fourth-order valence-electron chi connectivity index (χ4n) is 3.81. The number of aromatic nitrogens is 2. The van der Waals surface area contributed by atoms with E-state index in [0.29, 0.717) is 49.5 Å². The number of carbonyl (C=O) groups is 2.